The lowest BCUT2D eigenvalue weighted by molar-refractivity contribution is -0.0785. The topological polar surface area (TPSA) is 52.6 Å². The first-order valence-corrected chi connectivity index (χ1v) is 11.0. The summed E-state index contributed by atoms with van der Waals surface area (Å²) in [6.07, 6.45) is 2.17. The van der Waals surface area contributed by atoms with Gasteiger partial charge in [-0.3, -0.25) is 4.79 Å². The Labute approximate surface area is 186 Å². The first-order chi connectivity index (χ1) is 14.3. The molecule has 0 spiro atoms. The highest BCUT2D eigenvalue weighted by Crippen LogP contribution is 2.29. The van der Waals surface area contributed by atoms with Gasteiger partial charge in [0.05, 0.1) is 13.1 Å². The maximum atomic E-state index is 14.6. The van der Waals surface area contributed by atoms with Crippen LogP contribution in [0.1, 0.15) is 34.3 Å². The number of likely N-dealkylation sites (tertiary alicyclic amines) is 1. The Hall–Kier alpha value is -1.65. The lowest BCUT2D eigenvalue weighted by atomic mass is 9.91. The number of hydrogen-bond donors (Lipinski definition) is 2. The lowest BCUT2D eigenvalue weighted by Crippen LogP contribution is -2.67. The largest absolute Gasteiger partial charge is 0.385 e. The van der Waals surface area contributed by atoms with Gasteiger partial charge in [0, 0.05) is 27.7 Å². The Morgan fingerprint density at radius 3 is 2.57 bits per heavy atom. The van der Waals surface area contributed by atoms with Crippen LogP contribution in [0.4, 0.5) is 13.2 Å². The number of nitrogens with zero attached hydrogens (tertiary/aromatic N) is 1. The number of halogens is 4. The van der Waals surface area contributed by atoms with Gasteiger partial charge in [0.15, 0.2) is 11.6 Å². The summed E-state index contributed by atoms with van der Waals surface area (Å²) in [5, 5.41) is 13.8. The molecule has 30 heavy (non-hydrogen) atoms. The van der Waals surface area contributed by atoms with Crippen molar-refractivity contribution in [2.75, 3.05) is 26.2 Å². The molecule has 1 heterocycles. The van der Waals surface area contributed by atoms with Gasteiger partial charge in [0.1, 0.15) is 11.4 Å². The highest BCUT2D eigenvalue weighted by molar-refractivity contribution is 14.1. The second-order valence-corrected chi connectivity index (χ2v) is 9.51. The summed E-state index contributed by atoms with van der Waals surface area (Å²) in [6.45, 7) is 1.45. The van der Waals surface area contributed by atoms with Crippen molar-refractivity contribution in [3.63, 3.8) is 0 Å². The quantitative estimate of drug-likeness (QED) is 0.540. The van der Waals surface area contributed by atoms with Crippen molar-refractivity contribution < 1.29 is 23.1 Å². The van der Waals surface area contributed by atoms with Crippen molar-refractivity contribution in [3.05, 3.63) is 68.0 Å². The molecule has 4 nitrogen and oxygen atoms in total. The van der Waals surface area contributed by atoms with E-state index in [1.807, 2.05) is 22.6 Å². The number of β-amino-alcohol motifs (C(OH)–C–C–N with tert-alkyl or cyclic N) is 1. The fraction of sp³-hybridized carbons (Fsp3) is 0.409. The van der Waals surface area contributed by atoms with Crippen LogP contribution in [0.3, 0.4) is 0 Å². The summed E-state index contributed by atoms with van der Waals surface area (Å²) in [5.74, 6) is -2.60. The number of nitrogens with one attached hydrogen (secondary N) is 1. The maximum absolute atomic E-state index is 14.6. The molecule has 2 aliphatic rings. The van der Waals surface area contributed by atoms with Crippen molar-refractivity contribution in [2.24, 2.45) is 5.92 Å². The highest BCUT2D eigenvalue weighted by atomic mass is 127. The molecule has 0 aromatic heterocycles. The highest BCUT2D eigenvalue weighted by Gasteiger charge is 2.44. The van der Waals surface area contributed by atoms with Gasteiger partial charge in [0.25, 0.3) is 5.91 Å². The zero-order chi connectivity index (χ0) is 21.5. The third-order valence-corrected chi connectivity index (χ3v) is 6.32. The van der Waals surface area contributed by atoms with E-state index in [-0.39, 0.29) is 36.2 Å². The number of carbonyl (C=O) groups is 1. The normalized spacial score (nSPS) is 17.7. The van der Waals surface area contributed by atoms with Gasteiger partial charge >= 0.3 is 0 Å². The van der Waals surface area contributed by atoms with Crippen molar-refractivity contribution in [1.82, 2.24) is 10.2 Å². The molecule has 1 saturated carbocycles. The first-order valence-electron chi connectivity index (χ1n) is 9.89. The lowest BCUT2D eigenvalue weighted by Gasteiger charge is -2.46. The molecular weight excluding hydrogens is 508 g/mol. The van der Waals surface area contributed by atoms with Gasteiger partial charge in [-0.15, -0.1) is 0 Å². The maximum Gasteiger partial charge on any atom is 0.254 e. The van der Waals surface area contributed by atoms with E-state index < -0.39 is 29.0 Å². The van der Waals surface area contributed by atoms with Crippen LogP contribution >= 0.6 is 22.6 Å². The number of hydrogen-bond acceptors (Lipinski definition) is 3. The average Bonchev–Trinajstić information content (AvgIpc) is 3.49. The van der Waals surface area contributed by atoms with Crippen LogP contribution in [0, 0.1) is 26.9 Å². The third-order valence-electron chi connectivity index (χ3n) is 5.65. The van der Waals surface area contributed by atoms with E-state index in [0.717, 1.165) is 12.6 Å². The molecular formula is C22H22F3IN2O2. The SMILES string of the molecule is O=C(c1ccc(F)c(F)c1Cc1ccc(I)cc1F)N1CC(O)(CNCC2CC2)C1. The van der Waals surface area contributed by atoms with E-state index in [4.69, 9.17) is 0 Å². The Kier molecular flexibility index (Phi) is 6.09. The third kappa shape index (κ3) is 4.65. The molecule has 4 rings (SSSR count). The molecule has 1 saturated heterocycles. The molecule has 2 aromatic carbocycles. The minimum Gasteiger partial charge on any atom is -0.385 e. The molecule has 1 amide bonds. The molecule has 1 aliphatic heterocycles. The van der Waals surface area contributed by atoms with Crippen LogP contribution in [0.5, 0.6) is 0 Å². The van der Waals surface area contributed by atoms with Gasteiger partial charge in [-0.25, -0.2) is 13.2 Å². The van der Waals surface area contributed by atoms with Gasteiger partial charge in [-0.2, -0.15) is 0 Å². The van der Waals surface area contributed by atoms with Crippen molar-refractivity contribution in [3.8, 4) is 0 Å². The monoisotopic (exact) mass is 530 g/mol. The summed E-state index contributed by atoms with van der Waals surface area (Å²) in [7, 11) is 0. The van der Waals surface area contributed by atoms with Crippen molar-refractivity contribution in [2.45, 2.75) is 24.9 Å². The predicted molar refractivity (Wildman–Crippen MR) is 115 cm³/mol. The van der Waals surface area contributed by atoms with Gasteiger partial charge in [-0.05, 0) is 77.7 Å². The van der Waals surface area contributed by atoms with Crippen LogP contribution in [-0.4, -0.2) is 47.7 Å². The number of aliphatic hydroxyl groups is 1. The predicted octanol–water partition coefficient (Wildman–Crippen LogP) is 3.49. The second kappa shape index (κ2) is 8.47. The Morgan fingerprint density at radius 2 is 1.90 bits per heavy atom. The second-order valence-electron chi connectivity index (χ2n) is 8.26. The molecule has 2 fully saturated rings. The van der Waals surface area contributed by atoms with E-state index in [1.54, 1.807) is 6.07 Å². The standard InChI is InChI=1S/C22H22F3IN2O2/c23-18-6-5-16(17(20(18)25)7-14-3-4-15(26)8-19(14)24)21(29)28-11-22(30,12-28)10-27-9-13-1-2-13/h3-6,8,13,27,30H,1-2,7,9-12H2. The molecule has 0 atom stereocenters. The Bertz CT molecular complexity index is 975. The first kappa shape index (κ1) is 21.6. The zero-order valence-corrected chi connectivity index (χ0v) is 18.4. The fourth-order valence-electron chi connectivity index (χ4n) is 3.74. The zero-order valence-electron chi connectivity index (χ0n) is 16.2. The van der Waals surface area contributed by atoms with E-state index in [1.165, 1.54) is 35.9 Å². The number of amides is 1. The van der Waals surface area contributed by atoms with E-state index in [2.05, 4.69) is 5.32 Å². The summed E-state index contributed by atoms with van der Waals surface area (Å²) in [5.41, 5.74) is -1.04. The average molecular weight is 530 g/mol. The van der Waals surface area contributed by atoms with E-state index >= 15 is 0 Å². The molecule has 2 N–H and O–H groups in total. The number of benzene rings is 2. The van der Waals surface area contributed by atoms with Crippen molar-refractivity contribution >= 4 is 28.5 Å². The van der Waals surface area contributed by atoms with E-state index in [0.29, 0.717) is 16.0 Å². The molecule has 1 aliphatic carbocycles. The summed E-state index contributed by atoms with van der Waals surface area (Å²) >= 11 is 1.96. The Balaban J connectivity index is 1.49. The smallest absolute Gasteiger partial charge is 0.254 e. The Morgan fingerprint density at radius 1 is 1.17 bits per heavy atom. The molecule has 160 valence electrons. The van der Waals surface area contributed by atoms with Crippen LogP contribution < -0.4 is 5.32 Å². The minimum absolute atomic E-state index is 0.0140. The molecule has 0 radical (unpaired) electrons. The summed E-state index contributed by atoms with van der Waals surface area (Å²) < 4.78 is 43.4. The van der Waals surface area contributed by atoms with Gasteiger partial charge in [0.2, 0.25) is 0 Å². The molecule has 0 unspecified atom stereocenters. The van der Waals surface area contributed by atoms with E-state index in [9.17, 15) is 23.1 Å². The van der Waals surface area contributed by atoms with Crippen LogP contribution in [0.2, 0.25) is 0 Å². The van der Waals surface area contributed by atoms with Gasteiger partial charge < -0.3 is 15.3 Å². The van der Waals surface area contributed by atoms with Crippen molar-refractivity contribution in [1.29, 1.82) is 0 Å². The fourth-order valence-corrected chi connectivity index (χ4v) is 4.20. The summed E-state index contributed by atoms with van der Waals surface area (Å²) in [4.78, 5) is 14.3. The van der Waals surface area contributed by atoms with Crippen LogP contribution in [0.15, 0.2) is 30.3 Å². The molecule has 8 heteroatoms. The summed E-state index contributed by atoms with van der Waals surface area (Å²) in [6, 6.07) is 6.60. The van der Waals surface area contributed by atoms with Gasteiger partial charge in [-0.1, -0.05) is 6.07 Å². The number of carbonyl (C=O) groups excluding carboxylic acids is 1. The van der Waals surface area contributed by atoms with Crippen LogP contribution in [-0.2, 0) is 6.42 Å². The number of rotatable bonds is 7. The minimum atomic E-state index is -1.15. The molecule has 2 aromatic rings. The molecule has 0 bridgehead atoms. The van der Waals surface area contributed by atoms with Crippen LogP contribution in [0.25, 0.3) is 0 Å².